The van der Waals surface area contributed by atoms with E-state index in [9.17, 15) is 4.79 Å². The van der Waals surface area contributed by atoms with Gasteiger partial charge in [0.25, 0.3) is 5.56 Å². The molecule has 2 aliphatic heterocycles. The number of nitrogens with zero attached hydrogens (tertiary/aromatic N) is 1. The van der Waals surface area contributed by atoms with Crippen molar-refractivity contribution >= 4 is 0 Å². The summed E-state index contributed by atoms with van der Waals surface area (Å²) in [6, 6.07) is 15.2. The first-order valence-electron chi connectivity index (χ1n) is 7.80. The minimum absolute atomic E-state index is 0.0821. The van der Waals surface area contributed by atoms with Crippen LogP contribution in [0.25, 0.3) is 0 Å². The second-order valence-electron chi connectivity index (χ2n) is 6.30. The largest absolute Gasteiger partial charge is 0.311 e. The minimum atomic E-state index is 0.0821. The van der Waals surface area contributed by atoms with Crippen molar-refractivity contribution in [3.8, 4) is 0 Å². The molecule has 0 saturated carbocycles. The molecule has 2 fully saturated rings. The second kappa shape index (κ2) is 5.15. The summed E-state index contributed by atoms with van der Waals surface area (Å²) in [5.74, 6) is 0.575. The van der Waals surface area contributed by atoms with Gasteiger partial charge in [0.05, 0.1) is 6.54 Å². The van der Waals surface area contributed by atoms with Crippen LogP contribution < -0.4 is 10.9 Å². The second-order valence-corrected chi connectivity index (χ2v) is 6.30. The van der Waals surface area contributed by atoms with E-state index >= 15 is 0 Å². The predicted molar refractivity (Wildman–Crippen MR) is 83.5 cm³/mol. The Balaban J connectivity index is 1.62. The van der Waals surface area contributed by atoms with Crippen LogP contribution in [0.3, 0.4) is 0 Å². The van der Waals surface area contributed by atoms with Gasteiger partial charge in [0.2, 0.25) is 0 Å². The van der Waals surface area contributed by atoms with Gasteiger partial charge in [-0.15, -0.1) is 0 Å². The third kappa shape index (κ3) is 2.42. The topological polar surface area (TPSA) is 34.0 Å². The van der Waals surface area contributed by atoms with Gasteiger partial charge in [0.1, 0.15) is 0 Å². The monoisotopic (exact) mass is 280 g/mol. The van der Waals surface area contributed by atoms with Gasteiger partial charge in [-0.2, -0.15) is 0 Å². The highest BCUT2D eigenvalue weighted by molar-refractivity contribution is 5.24. The molecule has 0 radical (unpaired) electrons. The summed E-state index contributed by atoms with van der Waals surface area (Å²) in [6.07, 6.45) is 5.87. The van der Waals surface area contributed by atoms with Crippen LogP contribution in [0.1, 0.15) is 36.3 Å². The molecule has 0 amide bonds. The average Bonchev–Trinajstić information content (AvgIpc) is 3.13. The zero-order valence-corrected chi connectivity index (χ0v) is 12.0. The Morgan fingerprint density at radius 3 is 2.67 bits per heavy atom. The highest BCUT2D eigenvalue weighted by Crippen LogP contribution is 2.39. The van der Waals surface area contributed by atoms with Crippen LogP contribution in [0.5, 0.6) is 0 Å². The third-order valence-electron chi connectivity index (χ3n) is 4.93. The molecule has 2 aromatic rings. The fourth-order valence-electron chi connectivity index (χ4n) is 3.87. The molecule has 3 heterocycles. The highest BCUT2D eigenvalue weighted by atomic mass is 16.1. The van der Waals surface area contributed by atoms with Gasteiger partial charge < -0.3 is 9.88 Å². The Kier molecular flexibility index (Phi) is 3.15. The fraction of sp³-hybridized carbons (Fsp3) is 0.389. The number of benzene rings is 1. The maximum absolute atomic E-state index is 12.1. The van der Waals surface area contributed by atoms with Gasteiger partial charge >= 0.3 is 0 Å². The predicted octanol–water partition coefficient (Wildman–Crippen LogP) is 2.50. The molecule has 3 nitrogen and oxygen atoms in total. The van der Waals surface area contributed by atoms with E-state index in [0.29, 0.717) is 24.5 Å². The molecule has 1 aromatic heterocycles. The molecular formula is C18H20N2O. The maximum atomic E-state index is 12.1. The van der Waals surface area contributed by atoms with Crippen molar-refractivity contribution in [2.75, 3.05) is 0 Å². The van der Waals surface area contributed by atoms with Crippen molar-refractivity contribution in [2.24, 2.45) is 0 Å². The lowest BCUT2D eigenvalue weighted by Crippen LogP contribution is -2.24. The van der Waals surface area contributed by atoms with Gasteiger partial charge in [-0.1, -0.05) is 36.4 Å². The zero-order chi connectivity index (χ0) is 14.2. The lowest BCUT2D eigenvalue weighted by molar-refractivity contribution is 0.502. The first-order valence-corrected chi connectivity index (χ1v) is 7.80. The maximum Gasteiger partial charge on any atom is 0.250 e. The molecule has 4 rings (SSSR count). The molecule has 2 bridgehead atoms. The van der Waals surface area contributed by atoms with Crippen molar-refractivity contribution in [3.63, 3.8) is 0 Å². The summed E-state index contributed by atoms with van der Waals surface area (Å²) in [5, 5.41) is 3.67. The number of nitrogens with one attached hydrogen (secondary N) is 1. The van der Waals surface area contributed by atoms with Crippen LogP contribution >= 0.6 is 0 Å². The Morgan fingerprint density at radius 2 is 1.95 bits per heavy atom. The van der Waals surface area contributed by atoms with E-state index in [4.69, 9.17) is 0 Å². The number of rotatable bonds is 3. The first-order chi connectivity index (χ1) is 10.3. The third-order valence-corrected chi connectivity index (χ3v) is 4.93. The average molecular weight is 280 g/mol. The van der Waals surface area contributed by atoms with Crippen molar-refractivity contribution < 1.29 is 0 Å². The Morgan fingerprint density at radius 1 is 1.10 bits per heavy atom. The van der Waals surface area contributed by atoms with Gasteiger partial charge in [-0.25, -0.2) is 0 Å². The van der Waals surface area contributed by atoms with E-state index in [1.54, 1.807) is 6.07 Å². The van der Waals surface area contributed by atoms with Crippen LogP contribution in [0.2, 0.25) is 0 Å². The quantitative estimate of drug-likeness (QED) is 0.937. The molecule has 21 heavy (non-hydrogen) atoms. The van der Waals surface area contributed by atoms with Gasteiger partial charge in [0.15, 0.2) is 0 Å². The SMILES string of the molecule is O=c1ccc(C2CC3CCC2N3)cn1Cc1ccccc1. The van der Waals surface area contributed by atoms with Crippen molar-refractivity contribution in [1.29, 1.82) is 0 Å². The van der Waals surface area contributed by atoms with E-state index in [-0.39, 0.29) is 5.56 Å². The lowest BCUT2D eigenvalue weighted by atomic mass is 9.84. The van der Waals surface area contributed by atoms with Crippen LogP contribution in [0, 0.1) is 0 Å². The normalized spacial score (nSPS) is 27.1. The molecule has 3 unspecified atom stereocenters. The molecule has 1 N–H and O–H groups in total. The molecule has 0 aliphatic carbocycles. The van der Waals surface area contributed by atoms with Crippen molar-refractivity contribution in [1.82, 2.24) is 9.88 Å². The molecule has 2 saturated heterocycles. The molecule has 1 aromatic carbocycles. The Bertz CT molecular complexity index is 692. The Hall–Kier alpha value is -1.87. The molecular weight excluding hydrogens is 260 g/mol. The lowest BCUT2D eigenvalue weighted by Gasteiger charge is -2.21. The summed E-state index contributed by atoms with van der Waals surface area (Å²) < 4.78 is 1.84. The standard InChI is InChI=1S/C18H20N2O/c21-18-9-6-14(16-10-15-7-8-17(16)19-15)12-20(18)11-13-4-2-1-3-5-13/h1-6,9,12,15-17,19H,7-8,10-11H2. The summed E-state index contributed by atoms with van der Waals surface area (Å²) in [4.78, 5) is 12.1. The van der Waals surface area contributed by atoms with Crippen LogP contribution in [-0.2, 0) is 6.54 Å². The molecule has 0 spiro atoms. The number of aromatic nitrogens is 1. The molecule has 3 heteroatoms. The zero-order valence-electron chi connectivity index (χ0n) is 12.0. The highest BCUT2D eigenvalue weighted by Gasteiger charge is 2.39. The Labute approximate surface area is 124 Å². The summed E-state index contributed by atoms with van der Waals surface area (Å²) in [6.45, 7) is 0.655. The van der Waals surface area contributed by atoms with E-state index < -0.39 is 0 Å². The number of hydrogen-bond donors (Lipinski definition) is 1. The molecule has 3 atom stereocenters. The van der Waals surface area contributed by atoms with Gasteiger partial charge in [-0.3, -0.25) is 4.79 Å². The number of pyridine rings is 1. The molecule has 108 valence electrons. The first kappa shape index (κ1) is 12.8. The van der Waals surface area contributed by atoms with E-state index in [1.807, 2.05) is 28.8 Å². The molecule has 2 aliphatic rings. The number of fused-ring (bicyclic) bond motifs is 2. The summed E-state index contributed by atoms with van der Waals surface area (Å²) in [7, 11) is 0. The van der Waals surface area contributed by atoms with Crippen molar-refractivity contribution in [2.45, 2.75) is 43.8 Å². The summed E-state index contributed by atoms with van der Waals surface area (Å²) >= 11 is 0. The van der Waals surface area contributed by atoms with E-state index in [1.165, 1.54) is 30.4 Å². The van der Waals surface area contributed by atoms with Gasteiger partial charge in [-0.05, 0) is 30.4 Å². The van der Waals surface area contributed by atoms with E-state index in [2.05, 4.69) is 23.6 Å². The summed E-state index contributed by atoms with van der Waals surface area (Å²) in [5.41, 5.74) is 2.56. The van der Waals surface area contributed by atoms with Crippen molar-refractivity contribution in [3.05, 3.63) is 70.1 Å². The fourth-order valence-corrected chi connectivity index (χ4v) is 3.87. The van der Waals surface area contributed by atoms with E-state index in [0.717, 1.165) is 0 Å². The van der Waals surface area contributed by atoms with Crippen LogP contribution in [0.4, 0.5) is 0 Å². The smallest absolute Gasteiger partial charge is 0.250 e. The minimum Gasteiger partial charge on any atom is -0.311 e. The van der Waals surface area contributed by atoms with Crippen LogP contribution in [0.15, 0.2) is 53.5 Å². The number of hydrogen-bond acceptors (Lipinski definition) is 2. The van der Waals surface area contributed by atoms with Crippen LogP contribution in [-0.4, -0.2) is 16.7 Å². The van der Waals surface area contributed by atoms with Gasteiger partial charge in [0, 0.05) is 30.3 Å².